The van der Waals surface area contributed by atoms with Gasteiger partial charge >= 0.3 is 17.9 Å². The Bertz CT molecular complexity index is 872. The van der Waals surface area contributed by atoms with Gasteiger partial charge < -0.3 is 14.2 Å². The molecule has 0 aromatic carbocycles. The van der Waals surface area contributed by atoms with E-state index >= 15 is 0 Å². The van der Waals surface area contributed by atoms with Crippen molar-refractivity contribution < 1.29 is 28.6 Å². The lowest BCUT2D eigenvalue weighted by Crippen LogP contribution is -2.30. The van der Waals surface area contributed by atoms with Crippen LogP contribution in [0.3, 0.4) is 0 Å². The molecule has 58 heavy (non-hydrogen) atoms. The highest BCUT2D eigenvalue weighted by atomic mass is 16.6. The van der Waals surface area contributed by atoms with E-state index in [1.807, 2.05) is 0 Å². The summed E-state index contributed by atoms with van der Waals surface area (Å²) in [6.45, 7) is 8.97. The first-order chi connectivity index (χ1) is 28.4. The third kappa shape index (κ3) is 45.5. The maximum absolute atomic E-state index is 12.7. The van der Waals surface area contributed by atoms with Crippen molar-refractivity contribution in [1.29, 1.82) is 0 Å². The fraction of sp³-hybridized carbons (Fsp3) is 0.942. The molecule has 0 heterocycles. The van der Waals surface area contributed by atoms with Gasteiger partial charge in [0.25, 0.3) is 0 Å². The van der Waals surface area contributed by atoms with E-state index in [2.05, 4.69) is 27.7 Å². The number of esters is 3. The highest BCUT2D eigenvalue weighted by Crippen LogP contribution is 2.17. The molecule has 0 rings (SSSR count). The smallest absolute Gasteiger partial charge is 0.306 e. The van der Waals surface area contributed by atoms with Crippen LogP contribution in [0, 0.1) is 5.92 Å². The zero-order valence-electron chi connectivity index (χ0n) is 39.5. The van der Waals surface area contributed by atoms with Crippen LogP contribution < -0.4 is 0 Å². The molecule has 0 aliphatic rings. The SMILES string of the molecule is CCCCCCCCCCCCCCCCCCC(=O)O[C@@H](COC(=O)CCCCCCC)COC(=O)CCCCCCCCCCCCCCCCCCC(C)C. The number of unbranched alkanes of at least 4 members (excludes halogenated alkanes) is 34. The lowest BCUT2D eigenvalue weighted by atomic mass is 10.0. The molecule has 6 nitrogen and oxygen atoms in total. The zero-order valence-corrected chi connectivity index (χ0v) is 39.5. The Kier molecular flexibility index (Phi) is 45.2. The average Bonchev–Trinajstić information content (AvgIpc) is 3.21. The molecule has 0 bridgehead atoms. The first-order valence-corrected chi connectivity index (χ1v) is 25.9. The highest BCUT2D eigenvalue weighted by Gasteiger charge is 2.19. The summed E-state index contributed by atoms with van der Waals surface area (Å²) in [7, 11) is 0. The monoisotopic (exact) mass is 821 g/mol. The Labute approximate surface area is 361 Å². The second kappa shape index (κ2) is 46.5. The number of hydrogen-bond donors (Lipinski definition) is 0. The zero-order chi connectivity index (χ0) is 42.4. The van der Waals surface area contributed by atoms with Crippen molar-refractivity contribution >= 4 is 17.9 Å². The van der Waals surface area contributed by atoms with Crippen molar-refractivity contribution in [2.45, 2.75) is 297 Å². The van der Waals surface area contributed by atoms with Crippen LogP contribution in [0.15, 0.2) is 0 Å². The van der Waals surface area contributed by atoms with Gasteiger partial charge in [-0.05, 0) is 25.2 Å². The molecule has 344 valence electrons. The van der Waals surface area contributed by atoms with Gasteiger partial charge in [-0.3, -0.25) is 14.4 Å². The molecule has 0 amide bonds. The van der Waals surface area contributed by atoms with E-state index in [-0.39, 0.29) is 31.1 Å². The normalized spacial score (nSPS) is 11.9. The summed E-state index contributed by atoms with van der Waals surface area (Å²) in [6.07, 6.45) is 48.4. The maximum Gasteiger partial charge on any atom is 0.306 e. The largest absolute Gasteiger partial charge is 0.462 e. The van der Waals surface area contributed by atoms with Crippen molar-refractivity contribution in [3.63, 3.8) is 0 Å². The highest BCUT2D eigenvalue weighted by molar-refractivity contribution is 5.71. The van der Waals surface area contributed by atoms with Crippen molar-refractivity contribution in [2.75, 3.05) is 13.2 Å². The molecule has 0 unspecified atom stereocenters. The molecule has 0 saturated heterocycles. The van der Waals surface area contributed by atoms with Crippen molar-refractivity contribution in [2.24, 2.45) is 5.92 Å². The van der Waals surface area contributed by atoms with E-state index in [1.165, 1.54) is 180 Å². The minimum Gasteiger partial charge on any atom is -0.462 e. The van der Waals surface area contributed by atoms with E-state index in [0.717, 1.165) is 70.1 Å². The van der Waals surface area contributed by atoms with Crippen molar-refractivity contribution in [1.82, 2.24) is 0 Å². The van der Waals surface area contributed by atoms with Crippen LogP contribution in [-0.4, -0.2) is 37.2 Å². The molecule has 0 aliphatic heterocycles. The van der Waals surface area contributed by atoms with Crippen LogP contribution in [0.4, 0.5) is 0 Å². The summed E-state index contributed by atoms with van der Waals surface area (Å²) in [5.74, 6) is -0.00588. The van der Waals surface area contributed by atoms with Gasteiger partial charge in [-0.25, -0.2) is 0 Å². The van der Waals surface area contributed by atoms with Gasteiger partial charge in [-0.15, -0.1) is 0 Å². The van der Waals surface area contributed by atoms with Crippen LogP contribution in [-0.2, 0) is 28.6 Å². The molecule has 1 atom stereocenters. The van der Waals surface area contributed by atoms with E-state index in [4.69, 9.17) is 14.2 Å². The summed E-state index contributed by atoms with van der Waals surface area (Å²) >= 11 is 0. The minimum atomic E-state index is -0.758. The third-order valence-electron chi connectivity index (χ3n) is 11.8. The number of rotatable bonds is 47. The van der Waals surface area contributed by atoms with Crippen LogP contribution in [0.5, 0.6) is 0 Å². The lowest BCUT2D eigenvalue weighted by Gasteiger charge is -2.18. The molecule has 0 fully saturated rings. The first kappa shape index (κ1) is 56.4. The van der Waals surface area contributed by atoms with Gasteiger partial charge in [-0.2, -0.15) is 0 Å². The Morgan fingerprint density at radius 3 is 0.845 bits per heavy atom. The van der Waals surface area contributed by atoms with Crippen molar-refractivity contribution in [3.05, 3.63) is 0 Å². The van der Waals surface area contributed by atoms with Crippen LogP contribution >= 0.6 is 0 Å². The molecule has 0 aromatic heterocycles. The second-order valence-corrected chi connectivity index (χ2v) is 18.3. The molecule has 0 radical (unpaired) electrons. The summed E-state index contributed by atoms with van der Waals surface area (Å²) in [5.41, 5.74) is 0. The Balaban J connectivity index is 4.09. The molecule has 0 spiro atoms. The lowest BCUT2D eigenvalue weighted by molar-refractivity contribution is -0.167. The summed E-state index contributed by atoms with van der Waals surface area (Å²) in [6, 6.07) is 0. The van der Waals surface area contributed by atoms with Crippen LogP contribution in [0.2, 0.25) is 0 Å². The quantitative estimate of drug-likeness (QED) is 0.0346. The van der Waals surface area contributed by atoms with Gasteiger partial charge in [0, 0.05) is 19.3 Å². The number of hydrogen-bond acceptors (Lipinski definition) is 6. The molecule has 0 aliphatic carbocycles. The number of ether oxygens (including phenoxy) is 3. The maximum atomic E-state index is 12.7. The molecule has 0 saturated carbocycles. The van der Waals surface area contributed by atoms with E-state index in [1.54, 1.807) is 0 Å². The van der Waals surface area contributed by atoms with E-state index in [0.29, 0.717) is 19.3 Å². The molecule has 0 aromatic rings. The van der Waals surface area contributed by atoms with E-state index in [9.17, 15) is 14.4 Å². The standard InChI is InChI=1S/C52H100O6/c1-5-7-9-11-12-13-14-15-16-20-24-27-30-33-37-41-45-52(55)58-49(46-56-50(53)43-39-34-10-8-6-2)47-57-51(54)44-40-36-32-29-26-23-21-18-17-19-22-25-28-31-35-38-42-48(3)4/h48-49H,5-47H2,1-4H3/t49-/m0/s1. The Hall–Kier alpha value is -1.59. The number of carbonyl (C=O) groups is 3. The van der Waals surface area contributed by atoms with Crippen molar-refractivity contribution in [3.8, 4) is 0 Å². The van der Waals surface area contributed by atoms with Gasteiger partial charge in [0.15, 0.2) is 6.10 Å². The first-order valence-electron chi connectivity index (χ1n) is 25.9. The van der Waals surface area contributed by atoms with Crippen LogP contribution in [0.25, 0.3) is 0 Å². The fourth-order valence-electron chi connectivity index (χ4n) is 7.86. The molecule has 0 N–H and O–H groups in total. The summed E-state index contributed by atoms with van der Waals surface area (Å²) < 4.78 is 16.7. The second-order valence-electron chi connectivity index (χ2n) is 18.3. The Morgan fingerprint density at radius 1 is 0.328 bits per heavy atom. The predicted molar refractivity (Wildman–Crippen MR) is 247 cm³/mol. The van der Waals surface area contributed by atoms with Gasteiger partial charge in [0.2, 0.25) is 0 Å². The minimum absolute atomic E-state index is 0.0637. The Morgan fingerprint density at radius 2 is 0.569 bits per heavy atom. The molecule has 6 heteroatoms. The average molecular weight is 821 g/mol. The van der Waals surface area contributed by atoms with Gasteiger partial charge in [0.05, 0.1) is 0 Å². The third-order valence-corrected chi connectivity index (χ3v) is 11.8. The fourth-order valence-corrected chi connectivity index (χ4v) is 7.86. The summed E-state index contributed by atoms with van der Waals surface area (Å²) in [5, 5.41) is 0. The van der Waals surface area contributed by atoms with Crippen LogP contribution in [0.1, 0.15) is 291 Å². The topological polar surface area (TPSA) is 78.9 Å². The van der Waals surface area contributed by atoms with E-state index < -0.39 is 6.10 Å². The number of carbonyl (C=O) groups excluding carboxylic acids is 3. The van der Waals surface area contributed by atoms with Gasteiger partial charge in [-0.1, -0.05) is 252 Å². The predicted octanol–water partition coefficient (Wildman–Crippen LogP) is 16.7. The van der Waals surface area contributed by atoms with Gasteiger partial charge in [0.1, 0.15) is 13.2 Å². The summed E-state index contributed by atoms with van der Waals surface area (Å²) in [4.78, 5) is 37.6. The molecular formula is C52H100O6. The molecular weight excluding hydrogens is 721 g/mol.